The van der Waals surface area contributed by atoms with Crippen molar-refractivity contribution in [1.82, 2.24) is 0 Å². The standard InChI is InChI=1S/C21H15BrO2S/c22-16-6-11-19-20(14-25-21(19)12-16)24-18-9-7-17(8-10-18)23-13-15-4-2-1-3-5-15/h1-12,14H,13H2. The first-order valence-corrected chi connectivity index (χ1v) is 9.56. The molecule has 0 spiro atoms. The fourth-order valence-electron chi connectivity index (χ4n) is 2.53. The zero-order valence-electron chi connectivity index (χ0n) is 13.3. The van der Waals surface area contributed by atoms with E-state index in [1.54, 1.807) is 11.3 Å². The molecule has 3 aromatic carbocycles. The van der Waals surface area contributed by atoms with Gasteiger partial charge in [-0.2, -0.15) is 0 Å². The van der Waals surface area contributed by atoms with Gasteiger partial charge in [0, 0.05) is 19.9 Å². The lowest BCUT2D eigenvalue weighted by molar-refractivity contribution is 0.306. The molecular weight excluding hydrogens is 396 g/mol. The molecule has 0 aliphatic heterocycles. The van der Waals surface area contributed by atoms with Crippen LogP contribution in [0.15, 0.2) is 82.6 Å². The van der Waals surface area contributed by atoms with Crippen LogP contribution in [0.2, 0.25) is 0 Å². The van der Waals surface area contributed by atoms with Crippen LogP contribution in [0, 0.1) is 0 Å². The minimum absolute atomic E-state index is 0.561. The van der Waals surface area contributed by atoms with Gasteiger partial charge in [-0.3, -0.25) is 0 Å². The summed E-state index contributed by atoms with van der Waals surface area (Å²) in [4.78, 5) is 0. The second-order valence-corrected chi connectivity index (χ2v) is 7.42. The van der Waals surface area contributed by atoms with Gasteiger partial charge in [0.2, 0.25) is 0 Å². The van der Waals surface area contributed by atoms with E-state index in [0.29, 0.717) is 6.61 Å². The molecule has 0 fully saturated rings. The first kappa shape index (κ1) is 16.2. The van der Waals surface area contributed by atoms with Gasteiger partial charge < -0.3 is 9.47 Å². The summed E-state index contributed by atoms with van der Waals surface area (Å²) in [6, 6.07) is 24.1. The van der Waals surface area contributed by atoms with E-state index >= 15 is 0 Å². The molecule has 124 valence electrons. The third-order valence-electron chi connectivity index (χ3n) is 3.80. The van der Waals surface area contributed by atoms with Crippen LogP contribution in [-0.4, -0.2) is 0 Å². The van der Waals surface area contributed by atoms with Crippen molar-refractivity contribution in [2.45, 2.75) is 6.61 Å². The SMILES string of the molecule is Brc1ccc2c(Oc3ccc(OCc4ccccc4)cc3)csc2c1. The Morgan fingerprint density at radius 3 is 2.40 bits per heavy atom. The number of fused-ring (bicyclic) bond motifs is 1. The van der Waals surface area contributed by atoms with E-state index in [1.165, 1.54) is 4.70 Å². The zero-order chi connectivity index (χ0) is 17.1. The first-order valence-electron chi connectivity index (χ1n) is 7.89. The quantitative estimate of drug-likeness (QED) is 0.351. The van der Waals surface area contributed by atoms with Gasteiger partial charge in [0.15, 0.2) is 0 Å². The Balaban J connectivity index is 1.44. The van der Waals surface area contributed by atoms with Crippen molar-refractivity contribution >= 4 is 37.4 Å². The highest BCUT2D eigenvalue weighted by atomic mass is 79.9. The van der Waals surface area contributed by atoms with Crippen molar-refractivity contribution < 1.29 is 9.47 Å². The molecule has 0 saturated carbocycles. The molecule has 0 atom stereocenters. The summed E-state index contributed by atoms with van der Waals surface area (Å²) in [6.07, 6.45) is 0. The second-order valence-electron chi connectivity index (χ2n) is 5.59. The molecule has 4 rings (SSSR count). The van der Waals surface area contributed by atoms with Gasteiger partial charge in [-0.15, -0.1) is 11.3 Å². The average Bonchev–Trinajstić information content (AvgIpc) is 3.04. The fraction of sp³-hybridized carbons (Fsp3) is 0.0476. The topological polar surface area (TPSA) is 18.5 Å². The lowest BCUT2D eigenvalue weighted by Crippen LogP contribution is -1.94. The summed E-state index contributed by atoms with van der Waals surface area (Å²) >= 11 is 5.18. The molecule has 0 radical (unpaired) electrons. The maximum absolute atomic E-state index is 6.03. The predicted octanol–water partition coefficient (Wildman–Crippen LogP) is 7.04. The largest absolute Gasteiger partial charge is 0.489 e. The molecule has 0 unspecified atom stereocenters. The van der Waals surface area contributed by atoms with Gasteiger partial charge >= 0.3 is 0 Å². The fourth-order valence-corrected chi connectivity index (χ4v) is 3.94. The Morgan fingerprint density at radius 2 is 1.60 bits per heavy atom. The second kappa shape index (κ2) is 7.30. The highest BCUT2D eigenvalue weighted by Crippen LogP contribution is 2.36. The summed E-state index contributed by atoms with van der Waals surface area (Å²) in [5.74, 6) is 2.51. The van der Waals surface area contributed by atoms with Crippen LogP contribution >= 0.6 is 27.3 Å². The van der Waals surface area contributed by atoms with Crippen LogP contribution in [0.25, 0.3) is 10.1 Å². The van der Waals surface area contributed by atoms with Gasteiger partial charge in [-0.05, 0) is 48.0 Å². The van der Waals surface area contributed by atoms with Crippen molar-refractivity contribution in [1.29, 1.82) is 0 Å². The van der Waals surface area contributed by atoms with E-state index in [2.05, 4.69) is 40.2 Å². The molecular formula is C21H15BrO2S. The number of halogens is 1. The average molecular weight is 411 g/mol. The molecule has 1 heterocycles. The molecule has 1 aromatic heterocycles. The van der Waals surface area contributed by atoms with Crippen molar-refractivity contribution in [3.63, 3.8) is 0 Å². The van der Waals surface area contributed by atoms with Gasteiger partial charge in [0.1, 0.15) is 23.9 Å². The minimum Gasteiger partial charge on any atom is -0.489 e. The minimum atomic E-state index is 0.561. The van der Waals surface area contributed by atoms with Crippen molar-refractivity contribution in [3.05, 3.63) is 88.2 Å². The van der Waals surface area contributed by atoms with Gasteiger partial charge in [0.05, 0.1) is 0 Å². The summed E-state index contributed by atoms with van der Waals surface area (Å²) in [5, 5.41) is 3.16. The van der Waals surface area contributed by atoms with Gasteiger partial charge in [-0.1, -0.05) is 46.3 Å². The van der Waals surface area contributed by atoms with Crippen LogP contribution in [0.4, 0.5) is 0 Å². The van der Waals surface area contributed by atoms with E-state index in [4.69, 9.17) is 9.47 Å². The van der Waals surface area contributed by atoms with Gasteiger partial charge in [0.25, 0.3) is 0 Å². The molecule has 2 nitrogen and oxygen atoms in total. The van der Waals surface area contributed by atoms with Crippen molar-refractivity contribution in [2.24, 2.45) is 0 Å². The molecule has 4 aromatic rings. The molecule has 0 amide bonds. The van der Waals surface area contributed by atoms with E-state index in [9.17, 15) is 0 Å². The number of thiophene rings is 1. The Labute approximate surface area is 158 Å². The molecule has 0 saturated heterocycles. The van der Waals surface area contributed by atoms with E-state index in [-0.39, 0.29) is 0 Å². The smallest absolute Gasteiger partial charge is 0.145 e. The summed E-state index contributed by atoms with van der Waals surface area (Å²) < 4.78 is 14.1. The molecule has 0 N–H and O–H groups in total. The molecule has 0 aliphatic carbocycles. The van der Waals surface area contributed by atoms with Crippen LogP contribution in [0.1, 0.15) is 5.56 Å². The zero-order valence-corrected chi connectivity index (χ0v) is 15.7. The van der Waals surface area contributed by atoms with E-state index in [0.717, 1.165) is 32.7 Å². The highest BCUT2D eigenvalue weighted by Gasteiger charge is 2.07. The predicted molar refractivity (Wildman–Crippen MR) is 107 cm³/mol. The number of benzene rings is 3. The lowest BCUT2D eigenvalue weighted by atomic mass is 10.2. The van der Waals surface area contributed by atoms with Crippen molar-refractivity contribution in [3.8, 4) is 17.2 Å². The third kappa shape index (κ3) is 3.86. The third-order valence-corrected chi connectivity index (χ3v) is 5.22. The lowest BCUT2D eigenvalue weighted by Gasteiger charge is -2.08. The summed E-state index contributed by atoms with van der Waals surface area (Å²) in [7, 11) is 0. The number of rotatable bonds is 5. The summed E-state index contributed by atoms with van der Waals surface area (Å²) in [6.45, 7) is 0.561. The van der Waals surface area contributed by atoms with Crippen LogP contribution in [-0.2, 0) is 6.61 Å². The molecule has 4 heteroatoms. The number of hydrogen-bond acceptors (Lipinski definition) is 3. The summed E-state index contributed by atoms with van der Waals surface area (Å²) in [5.41, 5.74) is 1.15. The molecule has 25 heavy (non-hydrogen) atoms. The van der Waals surface area contributed by atoms with Crippen LogP contribution in [0.3, 0.4) is 0 Å². The Morgan fingerprint density at radius 1 is 0.840 bits per heavy atom. The Hall–Kier alpha value is -2.30. The normalized spacial score (nSPS) is 10.8. The van der Waals surface area contributed by atoms with Crippen LogP contribution < -0.4 is 9.47 Å². The van der Waals surface area contributed by atoms with Crippen molar-refractivity contribution in [2.75, 3.05) is 0 Å². The Kier molecular flexibility index (Phi) is 4.72. The van der Waals surface area contributed by atoms with Gasteiger partial charge in [-0.25, -0.2) is 0 Å². The Bertz CT molecular complexity index is 978. The molecule has 0 bridgehead atoms. The van der Waals surface area contributed by atoms with E-state index < -0.39 is 0 Å². The molecule has 0 aliphatic rings. The maximum Gasteiger partial charge on any atom is 0.145 e. The maximum atomic E-state index is 6.03. The first-order chi connectivity index (χ1) is 12.3. The number of hydrogen-bond donors (Lipinski definition) is 0. The monoisotopic (exact) mass is 410 g/mol. The highest BCUT2D eigenvalue weighted by molar-refractivity contribution is 9.10. The van der Waals surface area contributed by atoms with E-state index in [1.807, 2.05) is 53.9 Å². The van der Waals surface area contributed by atoms with Crippen LogP contribution in [0.5, 0.6) is 17.2 Å². The number of ether oxygens (including phenoxy) is 2.